The number of carbonyl (C=O) groups excluding carboxylic acids is 1. The molecular formula is C17H25N3O2S. The molecule has 2 unspecified atom stereocenters. The van der Waals surface area contributed by atoms with Crippen LogP contribution in [0.3, 0.4) is 0 Å². The molecule has 2 N–H and O–H groups in total. The summed E-state index contributed by atoms with van der Waals surface area (Å²) in [6, 6.07) is 8.01. The molecule has 2 rings (SSSR count). The number of fused-ring (bicyclic) bond motifs is 1. The summed E-state index contributed by atoms with van der Waals surface area (Å²) in [6.07, 6.45) is 0.361. The fourth-order valence-electron chi connectivity index (χ4n) is 2.60. The number of nitrogens with zero attached hydrogens (tertiary/aromatic N) is 2. The lowest BCUT2D eigenvalue weighted by Gasteiger charge is -2.14. The van der Waals surface area contributed by atoms with Gasteiger partial charge in [0.15, 0.2) is 5.16 Å². The third kappa shape index (κ3) is 4.97. The fourth-order valence-corrected chi connectivity index (χ4v) is 3.51. The Morgan fingerprint density at radius 2 is 2.13 bits per heavy atom. The van der Waals surface area contributed by atoms with Crippen LogP contribution in [0.2, 0.25) is 0 Å². The zero-order valence-electron chi connectivity index (χ0n) is 14.0. The molecule has 0 radical (unpaired) electrons. The van der Waals surface area contributed by atoms with E-state index in [0.29, 0.717) is 18.7 Å². The summed E-state index contributed by atoms with van der Waals surface area (Å²) in [5.41, 5.74) is 2.06. The van der Waals surface area contributed by atoms with Crippen molar-refractivity contribution in [1.82, 2.24) is 14.9 Å². The molecule has 1 heterocycles. The van der Waals surface area contributed by atoms with E-state index in [2.05, 4.69) is 21.8 Å². The normalized spacial score (nSPS) is 13.9. The van der Waals surface area contributed by atoms with Crippen LogP contribution in [0, 0.1) is 5.92 Å². The van der Waals surface area contributed by atoms with Gasteiger partial charge < -0.3 is 15.0 Å². The van der Waals surface area contributed by atoms with Gasteiger partial charge in [-0.25, -0.2) is 4.98 Å². The van der Waals surface area contributed by atoms with Gasteiger partial charge in [-0.2, -0.15) is 0 Å². The maximum atomic E-state index is 12.0. The van der Waals surface area contributed by atoms with Crippen LogP contribution in [-0.2, 0) is 11.3 Å². The number of benzene rings is 1. The second-order valence-corrected chi connectivity index (χ2v) is 6.85. The first-order valence-corrected chi connectivity index (χ1v) is 9.02. The van der Waals surface area contributed by atoms with E-state index in [1.165, 1.54) is 11.8 Å². The molecule has 0 aliphatic rings. The fraction of sp³-hybridized carbons (Fsp3) is 0.529. The summed E-state index contributed by atoms with van der Waals surface area (Å²) >= 11 is 1.46. The highest BCUT2D eigenvalue weighted by Gasteiger charge is 2.12. The molecule has 0 bridgehead atoms. The van der Waals surface area contributed by atoms with Crippen LogP contribution in [0.25, 0.3) is 11.0 Å². The van der Waals surface area contributed by atoms with E-state index >= 15 is 0 Å². The molecule has 0 aliphatic carbocycles. The van der Waals surface area contributed by atoms with Crippen molar-refractivity contribution in [2.24, 2.45) is 5.92 Å². The topological polar surface area (TPSA) is 67.2 Å². The number of rotatable bonds is 8. The Hall–Kier alpha value is -1.53. The summed E-state index contributed by atoms with van der Waals surface area (Å²) in [4.78, 5) is 16.6. The van der Waals surface area contributed by atoms with E-state index in [1.807, 2.05) is 31.2 Å². The monoisotopic (exact) mass is 335 g/mol. The Kier molecular flexibility index (Phi) is 6.47. The van der Waals surface area contributed by atoms with Crippen molar-refractivity contribution in [1.29, 1.82) is 0 Å². The average molecular weight is 335 g/mol. The second-order valence-electron chi connectivity index (χ2n) is 5.91. The predicted octanol–water partition coefficient (Wildman–Crippen LogP) is 2.67. The molecule has 2 atom stereocenters. The molecule has 0 saturated carbocycles. The number of imidazole rings is 1. The van der Waals surface area contributed by atoms with Gasteiger partial charge in [-0.3, -0.25) is 4.79 Å². The summed E-state index contributed by atoms with van der Waals surface area (Å²) in [5, 5.41) is 13.1. The van der Waals surface area contributed by atoms with E-state index in [1.54, 1.807) is 6.92 Å². The third-order valence-corrected chi connectivity index (χ3v) is 4.64. The maximum Gasteiger partial charge on any atom is 0.230 e. The number of aliphatic hydroxyl groups excluding tert-OH is 1. The van der Waals surface area contributed by atoms with E-state index in [4.69, 9.17) is 0 Å². The van der Waals surface area contributed by atoms with Gasteiger partial charge in [0.2, 0.25) is 5.91 Å². The van der Waals surface area contributed by atoms with Crippen LogP contribution in [0.4, 0.5) is 0 Å². The zero-order valence-corrected chi connectivity index (χ0v) is 14.8. The molecule has 1 aromatic heterocycles. The van der Waals surface area contributed by atoms with Gasteiger partial charge in [-0.05, 0) is 38.3 Å². The Morgan fingerprint density at radius 3 is 2.83 bits per heavy atom. The molecule has 23 heavy (non-hydrogen) atoms. The van der Waals surface area contributed by atoms with Crippen molar-refractivity contribution in [3.8, 4) is 0 Å². The van der Waals surface area contributed by atoms with Crippen molar-refractivity contribution in [2.45, 2.75) is 45.0 Å². The molecule has 6 heteroatoms. The number of amides is 1. The smallest absolute Gasteiger partial charge is 0.230 e. The van der Waals surface area contributed by atoms with Crippen molar-refractivity contribution < 1.29 is 9.90 Å². The Bertz CT molecular complexity index is 654. The first-order valence-electron chi connectivity index (χ1n) is 8.04. The SMILES string of the molecule is CCn1c(SCC(=O)NCC(C)CC(C)O)nc2ccccc21. The van der Waals surface area contributed by atoms with Crippen LogP contribution < -0.4 is 5.32 Å². The first-order chi connectivity index (χ1) is 11.0. The highest BCUT2D eigenvalue weighted by Crippen LogP contribution is 2.23. The summed E-state index contributed by atoms with van der Waals surface area (Å²) < 4.78 is 2.13. The highest BCUT2D eigenvalue weighted by atomic mass is 32.2. The lowest BCUT2D eigenvalue weighted by atomic mass is 10.1. The number of hydrogen-bond donors (Lipinski definition) is 2. The summed E-state index contributed by atoms with van der Waals surface area (Å²) in [6.45, 7) is 7.29. The van der Waals surface area contributed by atoms with Gasteiger partial charge in [0.1, 0.15) is 0 Å². The number of para-hydroxylation sites is 2. The summed E-state index contributed by atoms with van der Waals surface area (Å²) in [5.74, 6) is 0.622. The van der Waals surface area contributed by atoms with E-state index in [-0.39, 0.29) is 17.9 Å². The lowest BCUT2D eigenvalue weighted by molar-refractivity contribution is -0.118. The first kappa shape index (κ1) is 17.8. The zero-order chi connectivity index (χ0) is 16.8. The van der Waals surface area contributed by atoms with Crippen molar-refractivity contribution in [2.75, 3.05) is 12.3 Å². The van der Waals surface area contributed by atoms with E-state index in [9.17, 15) is 9.90 Å². The molecular weight excluding hydrogens is 310 g/mol. The van der Waals surface area contributed by atoms with Crippen LogP contribution in [0.5, 0.6) is 0 Å². The number of aliphatic hydroxyl groups is 1. The Balaban J connectivity index is 1.89. The number of aryl methyl sites for hydroxylation is 1. The third-order valence-electron chi connectivity index (χ3n) is 3.66. The number of nitrogens with one attached hydrogen (secondary N) is 1. The molecule has 2 aromatic rings. The van der Waals surface area contributed by atoms with E-state index in [0.717, 1.165) is 22.7 Å². The number of hydrogen-bond acceptors (Lipinski definition) is 4. The quantitative estimate of drug-likeness (QED) is 0.728. The van der Waals surface area contributed by atoms with Gasteiger partial charge in [-0.1, -0.05) is 30.8 Å². The second kappa shape index (κ2) is 8.36. The molecule has 0 spiro atoms. The molecule has 1 aromatic carbocycles. The van der Waals surface area contributed by atoms with Gasteiger partial charge in [0.25, 0.3) is 0 Å². The molecule has 1 amide bonds. The van der Waals surface area contributed by atoms with Gasteiger partial charge in [0.05, 0.1) is 22.9 Å². The van der Waals surface area contributed by atoms with Crippen molar-refractivity contribution in [3.63, 3.8) is 0 Å². The molecule has 126 valence electrons. The van der Waals surface area contributed by atoms with Crippen LogP contribution in [0.1, 0.15) is 27.2 Å². The highest BCUT2D eigenvalue weighted by molar-refractivity contribution is 7.99. The minimum atomic E-state index is -0.333. The molecule has 0 saturated heterocycles. The molecule has 0 fully saturated rings. The largest absolute Gasteiger partial charge is 0.393 e. The average Bonchev–Trinajstić information content (AvgIpc) is 2.87. The van der Waals surface area contributed by atoms with Gasteiger partial charge >= 0.3 is 0 Å². The van der Waals surface area contributed by atoms with Crippen molar-refractivity contribution >= 4 is 28.7 Å². The van der Waals surface area contributed by atoms with Gasteiger partial charge in [0, 0.05) is 13.1 Å². The summed E-state index contributed by atoms with van der Waals surface area (Å²) in [7, 11) is 0. The number of aromatic nitrogens is 2. The number of carbonyl (C=O) groups is 1. The maximum absolute atomic E-state index is 12.0. The standard InChI is InChI=1S/C17H25N3O2S/c1-4-20-15-8-6-5-7-14(15)19-17(20)23-11-16(22)18-10-12(2)9-13(3)21/h5-8,12-13,21H,4,9-11H2,1-3H3,(H,18,22). The predicted molar refractivity (Wildman–Crippen MR) is 94.6 cm³/mol. The minimum absolute atomic E-state index is 0.00199. The van der Waals surface area contributed by atoms with Crippen molar-refractivity contribution in [3.05, 3.63) is 24.3 Å². The van der Waals surface area contributed by atoms with Crippen LogP contribution in [-0.4, -0.2) is 39.0 Å². The molecule has 5 nitrogen and oxygen atoms in total. The van der Waals surface area contributed by atoms with E-state index < -0.39 is 0 Å². The Morgan fingerprint density at radius 1 is 1.39 bits per heavy atom. The number of thioether (sulfide) groups is 1. The Labute approximate surface area is 141 Å². The lowest BCUT2D eigenvalue weighted by Crippen LogP contribution is -2.30. The van der Waals surface area contributed by atoms with Gasteiger partial charge in [-0.15, -0.1) is 0 Å². The molecule has 0 aliphatic heterocycles. The van der Waals surface area contributed by atoms with Crippen LogP contribution in [0.15, 0.2) is 29.4 Å². The van der Waals surface area contributed by atoms with Crippen LogP contribution >= 0.6 is 11.8 Å². The minimum Gasteiger partial charge on any atom is -0.393 e.